The maximum Gasteiger partial charge on any atom is 0.123 e. The van der Waals surface area contributed by atoms with Gasteiger partial charge in [-0.25, -0.2) is 8.78 Å². The molecule has 0 amide bonds. The molecule has 3 nitrogen and oxygen atoms in total. The average Bonchev–Trinajstić information content (AvgIpc) is 2.67. The molecule has 2 N–H and O–H groups in total. The van der Waals surface area contributed by atoms with E-state index in [0.717, 1.165) is 30.8 Å². The van der Waals surface area contributed by atoms with E-state index in [9.17, 15) is 13.9 Å². The van der Waals surface area contributed by atoms with Crippen molar-refractivity contribution in [1.29, 1.82) is 0 Å². The first-order chi connectivity index (χ1) is 12.6. The van der Waals surface area contributed by atoms with Gasteiger partial charge in [-0.05, 0) is 42.3 Å². The van der Waals surface area contributed by atoms with Gasteiger partial charge in [0.2, 0.25) is 0 Å². The molecule has 142 valence electrons. The van der Waals surface area contributed by atoms with Gasteiger partial charge in [0, 0.05) is 25.7 Å². The Morgan fingerprint density at radius 3 is 1.85 bits per heavy atom. The van der Waals surface area contributed by atoms with Crippen molar-refractivity contribution >= 4 is 0 Å². The van der Waals surface area contributed by atoms with Gasteiger partial charge in [-0.1, -0.05) is 38.1 Å². The molecule has 1 fully saturated rings. The molecule has 0 aromatic heterocycles. The summed E-state index contributed by atoms with van der Waals surface area (Å²) in [5, 5.41) is 13.8. The first kappa shape index (κ1) is 20.5. The molecule has 2 aromatic rings. The van der Waals surface area contributed by atoms with E-state index in [1.54, 1.807) is 24.3 Å². The summed E-state index contributed by atoms with van der Waals surface area (Å²) >= 11 is 0. The van der Waals surface area contributed by atoms with Crippen molar-refractivity contribution in [2.24, 2.45) is 0 Å². The van der Waals surface area contributed by atoms with Crippen LogP contribution in [0.4, 0.5) is 8.78 Å². The quantitative estimate of drug-likeness (QED) is 0.874. The molecule has 0 aliphatic carbocycles. The van der Waals surface area contributed by atoms with Gasteiger partial charge in [0.1, 0.15) is 11.6 Å². The van der Waals surface area contributed by atoms with Gasteiger partial charge in [-0.2, -0.15) is 0 Å². The normalized spacial score (nSPS) is 18.2. The summed E-state index contributed by atoms with van der Waals surface area (Å²) in [6.07, 6.45) is 0. The maximum absolute atomic E-state index is 13.4. The largest absolute Gasteiger partial charge is 0.394 e. The lowest BCUT2D eigenvalue weighted by Crippen LogP contribution is -2.59. The van der Waals surface area contributed by atoms with E-state index in [-0.39, 0.29) is 24.3 Å². The molecule has 1 heterocycles. The molecule has 1 aliphatic heterocycles. The van der Waals surface area contributed by atoms with Gasteiger partial charge in [-0.15, -0.1) is 0 Å². The highest BCUT2D eigenvalue weighted by Crippen LogP contribution is 2.36. The maximum atomic E-state index is 13.4. The molecule has 5 heteroatoms. The van der Waals surface area contributed by atoms with Crippen molar-refractivity contribution in [3.63, 3.8) is 0 Å². The molecule has 0 radical (unpaired) electrons. The molecule has 3 rings (SSSR count). The second-order valence-electron chi connectivity index (χ2n) is 6.33. The number of halogens is 2. The van der Waals surface area contributed by atoms with Crippen molar-refractivity contribution < 1.29 is 13.9 Å². The fraction of sp³-hybridized carbons (Fsp3) is 0.429. The van der Waals surface area contributed by atoms with Gasteiger partial charge in [0.05, 0.1) is 12.1 Å². The lowest BCUT2D eigenvalue weighted by molar-refractivity contribution is 0.0364. The summed E-state index contributed by atoms with van der Waals surface area (Å²) in [5.74, 6) is -0.642. The molecule has 1 aliphatic rings. The van der Waals surface area contributed by atoms with Crippen LogP contribution in [-0.2, 0) is 5.54 Å². The number of piperazine rings is 1. The molecule has 0 bridgehead atoms. The van der Waals surface area contributed by atoms with Crippen molar-refractivity contribution in [2.75, 3.05) is 26.2 Å². The summed E-state index contributed by atoms with van der Waals surface area (Å²) in [4.78, 5) is 2.19. The molecule has 26 heavy (non-hydrogen) atoms. The predicted molar refractivity (Wildman–Crippen MR) is 101 cm³/mol. The zero-order chi connectivity index (χ0) is 19.2. The second-order valence-corrected chi connectivity index (χ2v) is 6.33. The highest BCUT2D eigenvalue weighted by molar-refractivity contribution is 5.39. The summed E-state index contributed by atoms with van der Waals surface area (Å²) in [6, 6.07) is 12.6. The van der Waals surface area contributed by atoms with Crippen LogP contribution in [-0.4, -0.2) is 42.3 Å². The third-order valence-corrected chi connectivity index (χ3v) is 4.78. The molecule has 1 atom stereocenters. The highest BCUT2D eigenvalue weighted by atomic mass is 19.1. The fourth-order valence-electron chi connectivity index (χ4n) is 3.54. The monoisotopic (exact) mass is 362 g/mol. The number of nitrogens with zero attached hydrogens (tertiary/aromatic N) is 1. The third kappa shape index (κ3) is 4.11. The van der Waals surface area contributed by atoms with Crippen LogP contribution >= 0.6 is 0 Å². The lowest BCUT2D eigenvalue weighted by atomic mass is 9.81. The van der Waals surface area contributed by atoms with Gasteiger partial charge in [0.25, 0.3) is 0 Å². The lowest BCUT2D eigenvalue weighted by Gasteiger charge is -2.47. The highest BCUT2D eigenvalue weighted by Gasteiger charge is 2.41. The first-order valence-electron chi connectivity index (χ1n) is 9.17. The summed E-state index contributed by atoms with van der Waals surface area (Å²) in [7, 11) is 0. The van der Waals surface area contributed by atoms with E-state index in [2.05, 4.69) is 17.1 Å². The predicted octanol–water partition coefficient (Wildman–Crippen LogP) is 3.52. The summed E-state index contributed by atoms with van der Waals surface area (Å²) < 4.78 is 26.8. The summed E-state index contributed by atoms with van der Waals surface area (Å²) in [6.45, 7) is 8.18. The minimum Gasteiger partial charge on any atom is -0.394 e. The molecule has 0 spiro atoms. The van der Waals surface area contributed by atoms with Crippen LogP contribution < -0.4 is 5.32 Å². The van der Waals surface area contributed by atoms with Crippen molar-refractivity contribution in [2.45, 2.75) is 32.4 Å². The average molecular weight is 362 g/mol. The van der Waals surface area contributed by atoms with E-state index in [0.29, 0.717) is 0 Å². The summed E-state index contributed by atoms with van der Waals surface area (Å²) in [5.41, 5.74) is 0.775. The fourth-order valence-corrected chi connectivity index (χ4v) is 3.54. The Bertz CT molecular complexity index is 628. The number of nitrogens with one attached hydrogen (secondary N) is 1. The van der Waals surface area contributed by atoms with Gasteiger partial charge < -0.3 is 10.4 Å². The zero-order valence-corrected chi connectivity index (χ0v) is 15.7. The van der Waals surface area contributed by atoms with Crippen LogP contribution in [0.1, 0.15) is 31.9 Å². The van der Waals surface area contributed by atoms with Crippen LogP contribution in [0.2, 0.25) is 0 Å². The number of hydrogen-bond acceptors (Lipinski definition) is 3. The molecule has 0 saturated carbocycles. The molecular weight excluding hydrogens is 334 g/mol. The third-order valence-electron chi connectivity index (χ3n) is 4.78. The van der Waals surface area contributed by atoms with E-state index in [4.69, 9.17) is 0 Å². The Morgan fingerprint density at radius 2 is 1.46 bits per heavy atom. The Labute approximate surface area is 154 Å². The minimum absolute atomic E-state index is 0.170. The standard InChI is InChI=1S/C19H22F2N2O.C2H6/c1-14-12-23(11-10-22-14)19(13-24,15-2-6-17(20)7-3-15)16-4-8-18(21)9-5-16;1-2/h2-9,14,22,24H,10-13H2,1H3;1-2H3. The minimum atomic E-state index is -0.822. The number of hydrogen-bond donors (Lipinski definition) is 2. The van der Waals surface area contributed by atoms with E-state index in [1.807, 2.05) is 13.8 Å². The van der Waals surface area contributed by atoms with E-state index >= 15 is 0 Å². The van der Waals surface area contributed by atoms with Gasteiger partial charge in [-0.3, -0.25) is 4.90 Å². The van der Waals surface area contributed by atoms with Gasteiger partial charge >= 0.3 is 0 Å². The topological polar surface area (TPSA) is 35.5 Å². The molecule has 1 saturated heterocycles. The number of rotatable bonds is 4. The Balaban J connectivity index is 0.00000117. The van der Waals surface area contributed by atoms with Crippen LogP contribution in [0.5, 0.6) is 0 Å². The number of benzene rings is 2. The number of aliphatic hydroxyl groups excluding tert-OH is 1. The smallest absolute Gasteiger partial charge is 0.123 e. The van der Waals surface area contributed by atoms with E-state index < -0.39 is 5.54 Å². The van der Waals surface area contributed by atoms with Crippen LogP contribution in [0.3, 0.4) is 0 Å². The Hall–Kier alpha value is -1.82. The van der Waals surface area contributed by atoms with Crippen LogP contribution in [0, 0.1) is 11.6 Å². The van der Waals surface area contributed by atoms with Crippen molar-refractivity contribution in [1.82, 2.24) is 10.2 Å². The van der Waals surface area contributed by atoms with Crippen molar-refractivity contribution in [3.8, 4) is 0 Å². The zero-order valence-electron chi connectivity index (χ0n) is 15.7. The van der Waals surface area contributed by atoms with Crippen LogP contribution in [0.25, 0.3) is 0 Å². The van der Waals surface area contributed by atoms with E-state index in [1.165, 1.54) is 24.3 Å². The Morgan fingerprint density at radius 1 is 1.00 bits per heavy atom. The second kappa shape index (κ2) is 9.21. The Kier molecular flexibility index (Phi) is 7.26. The SMILES string of the molecule is CC.CC1CN(C(CO)(c2ccc(F)cc2)c2ccc(F)cc2)CCN1. The molecule has 2 aromatic carbocycles. The van der Waals surface area contributed by atoms with Crippen molar-refractivity contribution in [3.05, 3.63) is 71.3 Å². The molecule has 1 unspecified atom stereocenters. The van der Waals surface area contributed by atoms with Crippen LogP contribution in [0.15, 0.2) is 48.5 Å². The molecular formula is C21H28F2N2O. The first-order valence-corrected chi connectivity index (χ1v) is 9.17. The number of aliphatic hydroxyl groups is 1. The van der Waals surface area contributed by atoms with Gasteiger partial charge in [0.15, 0.2) is 0 Å².